The van der Waals surface area contributed by atoms with Crippen LogP contribution in [0.25, 0.3) is 0 Å². The molecule has 0 heterocycles. The van der Waals surface area contributed by atoms with Gasteiger partial charge >= 0.3 is 0 Å². The quantitative estimate of drug-likeness (QED) is 0.564. The highest BCUT2D eigenvalue weighted by Gasteiger charge is 2.09. The van der Waals surface area contributed by atoms with Gasteiger partial charge < -0.3 is 4.74 Å². The van der Waals surface area contributed by atoms with Crippen LogP contribution in [-0.4, -0.2) is 18.2 Å². The molecule has 2 rings (SSSR count). The Kier molecular flexibility index (Phi) is 6.91. The fraction of sp³-hybridized carbons (Fsp3) is 0.176. The Hall–Kier alpha value is -1.75. The first-order chi connectivity index (χ1) is 11.5. The molecule has 0 aliphatic carbocycles. The van der Waals surface area contributed by atoms with Crippen LogP contribution in [0.4, 0.5) is 0 Å². The highest BCUT2D eigenvalue weighted by atomic mass is 35.5. The van der Waals surface area contributed by atoms with Crippen LogP contribution in [0.3, 0.4) is 0 Å². The highest BCUT2D eigenvalue weighted by molar-refractivity contribution is 6.37. The Balaban J connectivity index is 1.96. The van der Waals surface area contributed by atoms with E-state index in [4.69, 9.17) is 39.5 Å². The Bertz CT molecular complexity index is 746. The maximum atomic E-state index is 11.9. The third-order valence-corrected chi connectivity index (χ3v) is 3.88. The molecule has 7 heteroatoms. The van der Waals surface area contributed by atoms with Crippen molar-refractivity contribution in [3.63, 3.8) is 0 Å². The van der Waals surface area contributed by atoms with Gasteiger partial charge in [-0.05, 0) is 42.8 Å². The summed E-state index contributed by atoms with van der Waals surface area (Å²) in [6.45, 7) is 1.76. The molecule has 0 atom stereocenters. The van der Waals surface area contributed by atoms with Gasteiger partial charge in [0.2, 0.25) is 0 Å². The Labute approximate surface area is 155 Å². The number of hydrogen-bond acceptors (Lipinski definition) is 3. The van der Waals surface area contributed by atoms with Gasteiger partial charge in [-0.1, -0.05) is 47.8 Å². The Morgan fingerprint density at radius 1 is 1.08 bits per heavy atom. The first-order valence-electron chi connectivity index (χ1n) is 7.18. The lowest BCUT2D eigenvalue weighted by molar-refractivity contribution is -0.123. The molecule has 0 bridgehead atoms. The summed E-state index contributed by atoms with van der Waals surface area (Å²) >= 11 is 17.8. The standard InChI is InChI=1S/C17H15Cl3N2O2/c1-2-16(14-8-5-12(19)9-15(14)20)21-22-17(23)10-24-13-6-3-11(18)4-7-13/h3-9H,2,10H2,1H3,(H,22,23)/b21-16-. The van der Waals surface area contributed by atoms with Crippen molar-refractivity contribution in [3.8, 4) is 5.75 Å². The maximum Gasteiger partial charge on any atom is 0.277 e. The molecule has 0 saturated carbocycles. The van der Waals surface area contributed by atoms with Crippen LogP contribution in [0.2, 0.25) is 15.1 Å². The topological polar surface area (TPSA) is 50.7 Å². The van der Waals surface area contributed by atoms with Crippen LogP contribution in [0.5, 0.6) is 5.75 Å². The molecule has 0 radical (unpaired) electrons. The monoisotopic (exact) mass is 384 g/mol. The summed E-state index contributed by atoms with van der Waals surface area (Å²) < 4.78 is 5.35. The highest BCUT2D eigenvalue weighted by Crippen LogP contribution is 2.22. The molecule has 1 N–H and O–H groups in total. The van der Waals surface area contributed by atoms with Crippen LogP contribution in [0, 0.1) is 0 Å². The fourth-order valence-corrected chi connectivity index (χ4v) is 2.54. The summed E-state index contributed by atoms with van der Waals surface area (Å²) in [5.41, 5.74) is 3.84. The zero-order valence-corrected chi connectivity index (χ0v) is 15.1. The maximum absolute atomic E-state index is 11.9. The lowest BCUT2D eigenvalue weighted by atomic mass is 10.1. The smallest absolute Gasteiger partial charge is 0.277 e. The van der Waals surface area contributed by atoms with E-state index in [1.807, 2.05) is 6.92 Å². The van der Waals surface area contributed by atoms with E-state index in [1.165, 1.54) is 0 Å². The van der Waals surface area contributed by atoms with Crippen LogP contribution in [0.15, 0.2) is 47.6 Å². The molecule has 0 aliphatic heterocycles. The molecule has 0 aromatic heterocycles. The first-order valence-corrected chi connectivity index (χ1v) is 8.32. The van der Waals surface area contributed by atoms with Crippen molar-refractivity contribution in [2.24, 2.45) is 5.10 Å². The van der Waals surface area contributed by atoms with Crippen molar-refractivity contribution in [2.75, 3.05) is 6.61 Å². The molecular weight excluding hydrogens is 371 g/mol. The number of hydrazone groups is 1. The van der Waals surface area contributed by atoms with Crippen molar-refractivity contribution in [2.45, 2.75) is 13.3 Å². The van der Waals surface area contributed by atoms with Gasteiger partial charge in [-0.15, -0.1) is 0 Å². The van der Waals surface area contributed by atoms with Gasteiger partial charge in [-0.25, -0.2) is 5.43 Å². The molecule has 4 nitrogen and oxygen atoms in total. The van der Waals surface area contributed by atoms with Gasteiger partial charge in [-0.2, -0.15) is 5.10 Å². The summed E-state index contributed by atoms with van der Waals surface area (Å²) in [7, 11) is 0. The van der Waals surface area contributed by atoms with E-state index < -0.39 is 0 Å². The molecule has 2 aromatic carbocycles. The number of rotatable bonds is 6. The molecule has 126 valence electrons. The number of ether oxygens (including phenoxy) is 1. The van der Waals surface area contributed by atoms with Crippen molar-refractivity contribution >= 4 is 46.4 Å². The number of amides is 1. The first kappa shape index (κ1) is 18.6. The second-order valence-corrected chi connectivity index (χ2v) is 6.09. The normalized spacial score (nSPS) is 11.2. The molecule has 1 amide bonds. The second kappa shape index (κ2) is 8.92. The lowest BCUT2D eigenvalue weighted by Crippen LogP contribution is -2.26. The number of nitrogens with one attached hydrogen (secondary N) is 1. The van der Waals surface area contributed by atoms with Gasteiger partial charge in [0.1, 0.15) is 5.75 Å². The third kappa shape index (κ3) is 5.41. The number of halogens is 3. The van der Waals surface area contributed by atoms with Crippen LogP contribution >= 0.6 is 34.8 Å². The molecule has 0 unspecified atom stereocenters. The van der Waals surface area contributed by atoms with E-state index in [0.29, 0.717) is 32.9 Å². The zero-order chi connectivity index (χ0) is 17.5. The van der Waals surface area contributed by atoms with Crippen LogP contribution in [0.1, 0.15) is 18.9 Å². The van der Waals surface area contributed by atoms with Crippen LogP contribution < -0.4 is 10.2 Å². The van der Waals surface area contributed by atoms with E-state index >= 15 is 0 Å². The predicted octanol–water partition coefficient (Wildman–Crippen LogP) is 4.96. The van der Waals surface area contributed by atoms with E-state index in [9.17, 15) is 4.79 Å². The van der Waals surface area contributed by atoms with E-state index in [1.54, 1.807) is 42.5 Å². The molecule has 0 spiro atoms. The summed E-state index contributed by atoms with van der Waals surface area (Å²) in [5.74, 6) is 0.177. The molecule has 0 saturated heterocycles. The summed E-state index contributed by atoms with van der Waals surface area (Å²) in [5, 5.41) is 5.74. The zero-order valence-electron chi connectivity index (χ0n) is 12.9. The molecule has 0 aliphatic rings. The second-order valence-electron chi connectivity index (χ2n) is 4.81. The van der Waals surface area contributed by atoms with E-state index in [-0.39, 0.29) is 12.5 Å². The minimum atomic E-state index is -0.374. The minimum absolute atomic E-state index is 0.156. The van der Waals surface area contributed by atoms with E-state index in [0.717, 1.165) is 5.56 Å². The summed E-state index contributed by atoms with van der Waals surface area (Å²) in [6.07, 6.45) is 0.597. The number of carbonyl (C=O) groups excluding carboxylic acids is 1. The van der Waals surface area contributed by atoms with Gasteiger partial charge in [-0.3, -0.25) is 4.79 Å². The number of hydrogen-bond donors (Lipinski definition) is 1. The summed E-state index contributed by atoms with van der Waals surface area (Å²) in [4.78, 5) is 11.9. The average molecular weight is 386 g/mol. The van der Waals surface area contributed by atoms with Crippen LogP contribution in [-0.2, 0) is 4.79 Å². The third-order valence-electron chi connectivity index (χ3n) is 3.08. The molecule has 0 fully saturated rings. The van der Waals surface area contributed by atoms with Gasteiger partial charge in [0.05, 0.1) is 10.7 Å². The predicted molar refractivity (Wildman–Crippen MR) is 98.4 cm³/mol. The lowest BCUT2D eigenvalue weighted by Gasteiger charge is -2.08. The minimum Gasteiger partial charge on any atom is -0.484 e. The number of nitrogens with zero attached hydrogens (tertiary/aromatic N) is 1. The Morgan fingerprint density at radius 3 is 2.38 bits per heavy atom. The number of carbonyl (C=O) groups is 1. The molecule has 2 aromatic rings. The number of benzene rings is 2. The average Bonchev–Trinajstić information content (AvgIpc) is 2.56. The van der Waals surface area contributed by atoms with Crippen molar-refractivity contribution in [3.05, 3.63) is 63.1 Å². The van der Waals surface area contributed by atoms with Crippen molar-refractivity contribution in [1.29, 1.82) is 0 Å². The summed E-state index contributed by atoms with van der Waals surface area (Å²) in [6, 6.07) is 11.9. The van der Waals surface area contributed by atoms with Crippen molar-refractivity contribution < 1.29 is 9.53 Å². The largest absolute Gasteiger partial charge is 0.484 e. The Morgan fingerprint density at radius 2 is 1.75 bits per heavy atom. The van der Waals surface area contributed by atoms with Gasteiger partial charge in [0.25, 0.3) is 5.91 Å². The fourth-order valence-electron chi connectivity index (χ4n) is 1.90. The van der Waals surface area contributed by atoms with E-state index in [2.05, 4.69) is 10.5 Å². The van der Waals surface area contributed by atoms with Gasteiger partial charge in [0.15, 0.2) is 6.61 Å². The SMILES string of the molecule is CC/C(=N/NC(=O)COc1ccc(Cl)cc1)c1ccc(Cl)cc1Cl. The van der Waals surface area contributed by atoms with Crippen molar-refractivity contribution in [1.82, 2.24) is 5.43 Å². The van der Waals surface area contributed by atoms with Gasteiger partial charge in [0, 0.05) is 15.6 Å². The molecule has 24 heavy (non-hydrogen) atoms. The molecular formula is C17H15Cl3N2O2.